The first-order valence-corrected chi connectivity index (χ1v) is 10.7. The summed E-state index contributed by atoms with van der Waals surface area (Å²) in [7, 11) is 0. The molecule has 0 saturated heterocycles. The van der Waals surface area contributed by atoms with E-state index in [0.29, 0.717) is 12.1 Å². The van der Waals surface area contributed by atoms with Gasteiger partial charge in [-0.15, -0.1) is 0 Å². The number of nitrogens with two attached hydrogens (primary N) is 1. The highest BCUT2D eigenvalue weighted by molar-refractivity contribution is 5.90. The summed E-state index contributed by atoms with van der Waals surface area (Å²) in [4.78, 5) is 32.8. The molecular weight excluding hydrogens is 406 g/mol. The summed E-state index contributed by atoms with van der Waals surface area (Å²) in [5.41, 5.74) is 6.73. The molecule has 6 nitrogen and oxygen atoms in total. The monoisotopic (exact) mass is 449 g/mol. The molecule has 0 aliphatic rings. The van der Waals surface area contributed by atoms with Gasteiger partial charge in [-0.2, -0.15) is 0 Å². The van der Waals surface area contributed by atoms with E-state index in [4.69, 9.17) is 15.9 Å². The predicted octanol–water partition coefficient (Wildman–Crippen LogP) is 4.17. The fourth-order valence-electron chi connectivity index (χ4n) is 1.77. The first-order valence-electron chi connectivity index (χ1n) is 10.7. The Kier molecular flexibility index (Phi) is 13.9. The minimum absolute atomic E-state index is 0.0187. The maximum atomic E-state index is 11.7. The molecule has 4 N–H and O–H groups in total. The maximum Gasteiger partial charge on any atom is 0.180 e. The Morgan fingerprint density at radius 3 is 1.59 bits per heavy atom. The molecule has 182 valence electrons. The van der Waals surface area contributed by atoms with Crippen molar-refractivity contribution in [2.45, 2.75) is 68.7 Å². The minimum atomic E-state index is -0.396. The Morgan fingerprint density at radius 1 is 0.812 bits per heavy atom. The summed E-state index contributed by atoms with van der Waals surface area (Å²) < 4.78 is 0. The van der Waals surface area contributed by atoms with Crippen LogP contribution in [0.3, 0.4) is 0 Å². The molecule has 0 radical (unpaired) electrons. The maximum absolute atomic E-state index is 11.7. The highest BCUT2D eigenvalue weighted by atomic mass is 16.3. The molecule has 1 aromatic carbocycles. The van der Waals surface area contributed by atoms with Crippen LogP contribution in [0.5, 0.6) is 0 Å². The van der Waals surface area contributed by atoms with E-state index in [2.05, 4.69) is 0 Å². The van der Waals surface area contributed by atoms with Crippen molar-refractivity contribution in [1.82, 2.24) is 0 Å². The molecule has 0 aliphatic heterocycles. The lowest BCUT2D eigenvalue weighted by atomic mass is 9.87. The molecule has 0 heterocycles. The average molecular weight is 450 g/mol. The number of carbonyl (C=O) groups excluding carboxylic acids is 3. The van der Waals surface area contributed by atoms with E-state index in [-0.39, 0.29) is 40.2 Å². The first kappa shape index (κ1) is 31.9. The van der Waals surface area contributed by atoms with Crippen LogP contribution in [0.25, 0.3) is 0 Å². The Bertz CT molecular complexity index is 760. The van der Waals surface area contributed by atoms with Crippen molar-refractivity contribution < 1.29 is 24.6 Å². The van der Waals surface area contributed by atoms with Crippen LogP contribution >= 0.6 is 0 Å². The zero-order chi connectivity index (χ0) is 25.8. The number of hydrogen-bond acceptors (Lipinski definition) is 6. The normalized spacial score (nSPS) is 11.7. The van der Waals surface area contributed by atoms with Gasteiger partial charge in [-0.05, 0) is 23.1 Å². The average Bonchev–Trinajstić information content (AvgIpc) is 2.66. The van der Waals surface area contributed by atoms with E-state index in [9.17, 15) is 14.4 Å². The van der Waals surface area contributed by atoms with Crippen LogP contribution in [0.1, 0.15) is 67.9 Å². The van der Waals surface area contributed by atoms with Gasteiger partial charge in [0.2, 0.25) is 0 Å². The number of anilines is 1. The van der Waals surface area contributed by atoms with Crippen LogP contribution in [0.4, 0.5) is 5.69 Å². The van der Waals surface area contributed by atoms with Gasteiger partial charge in [0.1, 0.15) is 19.0 Å². The summed E-state index contributed by atoms with van der Waals surface area (Å²) in [5.74, 6) is -0.136. The number of para-hydroxylation sites is 1. The molecule has 0 atom stereocenters. The van der Waals surface area contributed by atoms with Crippen LogP contribution in [0, 0.1) is 16.2 Å². The number of ketones is 3. The van der Waals surface area contributed by atoms with E-state index >= 15 is 0 Å². The van der Waals surface area contributed by atoms with E-state index < -0.39 is 6.61 Å². The van der Waals surface area contributed by atoms with Crippen molar-refractivity contribution in [3.05, 3.63) is 42.0 Å². The summed E-state index contributed by atoms with van der Waals surface area (Å²) in [6.07, 6.45) is 3.63. The molecule has 0 bridgehead atoms. The number of benzene rings is 1. The topological polar surface area (TPSA) is 118 Å². The second-order valence-electron chi connectivity index (χ2n) is 10.7. The standard InChI is InChI=1S/C12H17NO.C8H14O2.C6H12O2/c1-12(2,3)11(14)8-9-6-4-5-7-10(9)13;1-8(2,3)5-4-7(10)6-9;1-6(2,3)5(8)4-7/h4-7H,8,13H2,1-3H3;4-5,9H,6H2,1-3H3;7H,4H2,1-3H3/b;5-4+;. The summed E-state index contributed by atoms with van der Waals surface area (Å²) in [5, 5.41) is 16.7. The van der Waals surface area contributed by atoms with E-state index in [0.717, 1.165) is 5.56 Å². The Hall–Kier alpha value is -2.31. The molecule has 0 amide bonds. The number of carbonyl (C=O) groups is 3. The fourth-order valence-corrected chi connectivity index (χ4v) is 1.77. The van der Waals surface area contributed by atoms with Gasteiger partial charge in [-0.3, -0.25) is 14.4 Å². The molecule has 0 unspecified atom stereocenters. The second kappa shape index (κ2) is 14.0. The predicted molar refractivity (Wildman–Crippen MR) is 131 cm³/mol. The molecule has 32 heavy (non-hydrogen) atoms. The third-order valence-electron chi connectivity index (χ3n) is 4.15. The van der Waals surface area contributed by atoms with Crippen LogP contribution in [-0.4, -0.2) is 40.8 Å². The minimum Gasteiger partial charge on any atom is -0.398 e. The third kappa shape index (κ3) is 16.4. The lowest BCUT2D eigenvalue weighted by Gasteiger charge is -2.16. The molecular formula is C26H43NO5. The SMILES string of the molecule is CC(C)(C)/C=C/C(=O)CO.CC(C)(C)C(=O)CO.CC(C)(C)C(=O)Cc1ccccc1N. The first-order chi connectivity index (χ1) is 14.3. The smallest absolute Gasteiger partial charge is 0.180 e. The lowest BCUT2D eigenvalue weighted by molar-refractivity contribution is -0.129. The lowest BCUT2D eigenvalue weighted by Crippen LogP contribution is -2.22. The molecule has 0 aromatic heterocycles. The van der Waals surface area contributed by atoms with Crippen LogP contribution < -0.4 is 5.73 Å². The summed E-state index contributed by atoms with van der Waals surface area (Å²) in [6, 6.07) is 7.51. The van der Waals surface area contributed by atoms with Crippen molar-refractivity contribution >= 4 is 23.0 Å². The van der Waals surface area contributed by atoms with Crippen molar-refractivity contribution in [3.63, 3.8) is 0 Å². The molecule has 6 heteroatoms. The van der Waals surface area contributed by atoms with Gasteiger partial charge >= 0.3 is 0 Å². The number of hydrogen-bond donors (Lipinski definition) is 3. The highest BCUT2D eigenvalue weighted by Gasteiger charge is 2.21. The number of rotatable bonds is 5. The largest absolute Gasteiger partial charge is 0.398 e. The number of aliphatic hydroxyl groups excluding tert-OH is 2. The Balaban J connectivity index is 0. The zero-order valence-corrected chi connectivity index (χ0v) is 21.3. The number of nitrogen functional groups attached to an aromatic ring is 1. The third-order valence-corrected chi connectivity index (χ3v) is 4.15. The summed E-state index contributed by atoms with van der Waals surface area (Å²) in [6.45, 7) is 16.4. The molecule has 0 spiro atoms. The molecule has 0 saturated carbocycles. The van der Waals surface area contributed by atoms with E-state index in [1.165, 1.54) is 6.08 Å². The van der Waals surface area contributed by atoms with Gasteiger partial charge in [0.05, 0.1) is 0 Å². The van der Waals surface area contributed by atoms with Crippen molar-refractivity contribution in [2.24, 2.45) is 16.2 Å². The quantitative estimate of drug-likeness (QED) is 0.459. The zero-order valence-electron chi connectivity index (χ0n) is 21.3. The molecule has 0 aliphatic carbocycles. The molecule has 1 aromatic rings. The van der Waals surface area contributed by atoms with Crippen molar-refractivity contribution in [1.29, 1.82) is 0 Å². The van der Waals surface area contributed by atoms with Gasteiger partial charge in [-0.25, -0.2) is 0 Å². The van der Waals surface area contributed by atoms with Crippen molar-refractivity contribution in [2.75, 3.05) is 18.9 Å². The van der Waals surface area contributed by atoms with E-state index in [1.807, 2.05) is 65.8 Å². The van der Waals surface area contributed by atoms with Gasteiger partial charge in [0, 0.05) is 22.9 Å². The van der Waals surface area contributed by atoms with Crippen LogP contribution in [0.2, 0.25) is 0 Å². The number of allylic oxidation sites excluding steroid dienone is 1. The molecule has 0 fully saturated rings. The van der Waals surface area contributed by atoms with Gasteiger partial charge in [0.15, 0.2) is 11.6 Å². The van der Waals surface area contributed by atoms with E-state index in [1.54, 1.807) is 26.8 Å². The Labute approximate surface area is 193 Å². The van der Waals surface area contributed by atoms with Crippen LogP contribution in [0.15, 0.2) is 36.4 Å². The molecule has 1 rings (SSSR count). The highest BCUT2D eigenvalue weighted by Crippen LogP contribution is 2.20. The fraction of sp³-hybridized carbons (Fsp3) is 0.577. The summed E-state index contributed by atoms with van der Waals surface area (Å²) >= 11 is 0. The van der Waals surface area contributed by atoms with Gasteiger partial charge in [0.25, 0.3) is 0 Å². The Morgan fingerprint density at radius 2 is 1.28 bits per heavy atom. The second-order valence-corrected chi connectivity index (χ2v) is 10.7. The van der Waals surface area contributed by atoms with Crippen molar-refractivity contribution in [3.8, 4) is 0 Å². The number of aliphatic hydroxyl groups is 2. The number of Topliss-reactive ketones (excluding diaryl/α,β-unsaturated/α-hetero) is 2. The van der Waals surface area contributed by atoms with Crippen LogP contribution in [-0.2, 0) is 20.8 Å². The van der Waals surface area contributed by atoms with Gasteiger partial charge < -0.3 is 15.9 Å². The van der Waals surface area contributed by atoms with Gasteiger partial charge in [-0.1, -0.05) is 86.6 Å².